The third-order valence-corrected chi connectivity index (χ3v) is 8.12. The first kappa shape index (κ1) is 23.7. The largest absolute Gasteiger partial charge is 0.455 e. The van der Waals surface area contributed by atoms with E-state index in [4.69, 9.17) is 9.40 Å². The van der Waals surface area contributed by atoms with Gasteiger partial charge < -0.3 is 4.42 Å². The summed E-state index contributed by atoms with van der Waals surface area (Å²) in [5.41, 5.74) is 10.5. The number of fused-ring (bicyclic) bond motifs is 1. The second kappa shape index (κ2) is 10.0. The standard InChI is InChI=1S/C35H35NO/c1-23(2)29-18-19-36-33(22-29)30-20-31-24(3)34(28-12-8-5-9-13-28)37-35(31)32(21-30)27-16-14-26(15-17-27)25-10-6-4-7-11-25/h5,8-9,12-23,25H,4,6-7,10-11H2,1-3H3. The Kier molecular flexibility index (Phi) is 6.42. The van der Waals surface area contributed by atoms with Gasteiger partial charge in [-0.2, -0.15) is 0 Å². The lowest BCUT2D eigenvalue weighted by Crippen LogP contribution is -2.04. The minimum Gasteiger partial charge on any atom is -0.455 e. The number of furan rings is 1. The predicted octanol–water partition coefficient (Wildman–Crippen LogP) is 10.3. The molecule has 0 amide bonds. The smallest absolute Gasteiger partial charge is 0.142 e. The Morgan fingerprint density at radius 3 is 2.27 bits per heavy atom. The van der Waals surface area contributed by atoms with Crippen LogP contribution in [0.1, 0.15) is 74.5 Å². The molecule has 6 rings (SSSR count). The van der Waals surface area contributed by atoms with Gasteiger partial charge in [-0.15, -0.1) is 0 Å². The average molecular weight is 486 g/mol. The number of rotatable bonds is 5. The molecule has 2 nitrogen and oxygen atoms in total. The third-order valence-electron chi connectivity index (χ3n) is 8.12. The molecule has 5 aromatic rings. The Morgan fingerprint density at radius 1 is 0.784 bits per heavy atom. The van der Waals surface area contributed by atoms with Gasteiger partial charge >= 0.3 is 0 Å². The molecule has 2 heteroatoms. The summed E-state index contributed by atoms with van der Waals surface area (Å²) < 4.78 is 6.65. The van der Waals surface area contributed by atoms with Crippen LogP contribution < -0.4 is 0 Å². The van der Waals surface area contributed by atoms with Crippen molar-refractivity contribution in [3.05, 3.63) is 102 Å². The molecule has 0 atom stereocenters. The Morgan fingerprint density at radius 2 is 1.54 bits per heavy atom. The van der Waals surface area contributed by atoms with Gasteiger partial charge in [-0.25, -0.2) is 0 Å². The summed E-state index contributed by atoms with van der Waals surface area (Å²) >= 11 is 0. The first-order chi connectivity index (χ1) is 18.1. The SMILES string of the molecule is Cc1c(-c2ccccc2)oc2c(-c3ccc(C4CCCCC4)cc3)cc(-c3cc(C(C)C)ccn3)cc12. The van der Waals surface area contributed by atoms with E-state index in [9.17, 15) is 0 Å². The molecule has 3 aromatic carbocycles. The van der Waals surface area contributed by atoms with Crippen molar-refractivity contribution in [1.29, 1.82) is 0 Å². The van der Waals surface area contributed by atoms with Gasteiger partial charge in [-0.05, 0) is 72.6 Å². The molecule has 0 aliphatic heterocycles. The van der Waals surface area contributed by atoms with Gasteiger partial charge in [0.1, 0.15) is 11.3 Å². The highest BCUT2D eigenvalue weighted by Crippen LogP contribution is 2.42. The van der Waals surface area contributed by atoms with Crippen LogP contribution in [0.15, 0.2) is 89.5 Å². The molecule has 2 heterocycles. The number of benzene rings is 3. The van der Waals surface area contributed by atoms with Gasteiger partial charge in [0.15, 0.2) is 0 Å². The maximum atomic E-state index is 6.65. The number of hydrogen-bond acceptors (Lipinski definition) is 2. The van der Waals surface area contributed by atoms with Crippen molar-refractivity contribution in [3.8, 4) is 33.7 Å². The van der Waals surface area contributed by atoms with Gasteiger partial charge in [-0.3, -0.25) is 4.98 Å². The van der Waals surface area contributed by atoms with Crippen molar-refractivity contribution in [2.75, 3.05) is 0 Å². The fraction of sp³-hybridized carbons (Fsp3) is 0.286. The minimum atomic E-state index is 0.456. The third kappa shape index (κ3) is 4.62. The number of aromatic nitrogens is 1. The molecule has 1 fully saturated rings. The zero-order valence-electron chi connectivity index (χ0n) is 22.1. The average Bonchev–Trinajstić information content (AvgIpc) is 3.30. The summed E-state index contributed by atoms with van der Waals surface area (Å²) in [5.74, 6) is 2.10. The van der Waals surface area contributed by atoms with Crippen LogP contribution in [0.5, 0.6) is 0 Å². The summed E-state index contributed by atoms with van der Waals surface area (Å²) in [5, 5.41) is 1.15. The number of aryl methyl sites for hydroxylation is 1. The van der Waals surface area contributed by atoms with Crippen LogP contribution in [-0.2, 0) is 0 Å². The minimum absolute atomic E-state index is 0.456. The number of pyridine rings is 1. The Labute approximate surface area is 220 Å². The van der Waals surface area contributed by atoms with Crippen LogP contribution in [0, 0.1) is 6.92 Å². The summed E-state index contributed by atoms with van der Waals surface area (Å²) in [6.07, 6.45) is 8.65. The van der Waals surface area contributed by atoms with Crippen molar-refractivity contribution in [3.63, 3.8) is 0 Å². The Balaban J connectivity index is 1.52. The lowest BCUT2D eigenvalue weighted by atomic mass is 9.83. The van der Waals surface area contributed by atoms with E-state index in [1.54, 1.807) is 0 Å². The first-order valence-corrected chi connectivity index (χ1v) is 13.8. The van der Waals surface area contributed by atoms with E-state index >= 15 is 0 Å². The van der Waals surface area contributed by atoms with Crippen LogP contribution in [0.25, 0.3) is 44.7 Å². The highest BCUT2D eigenvalue weighted by atomic mass is 16.3. The second-order valence-corrected chi connectivity index (χ2v) is 10.9. The van der Waals surface area contributed by atoms with E-state index in [-0.39, 0.29) is 0 Å². The van der Waals surface area contributed by atoms with Crippen molar-refractivity contribution in [2.45, 2.75) is 64.7 Å². The van der Waals surface area contributed by atoms with Gasteiger partial charge in [0.25, 0.3) is 0 Å². The lowest BCUT2D eigenvalue weighted by molar-refractivity contribution is 0.443. The molecule has 1 aliphatic rings. The van der Waals surface area contributed by atoms with Crippen LogP contribution in [0.4, 0.5) is 0 Å². The normalized spacial score (nSPS) is 14.5. The lowest BCUT2D eigenvalue weighted by Gasteiger charge is -2.22. The molecular formula is C35H35NO. The van der Waals surface area contributed by atoms with Crippen LogP contribution in [0.3, 0.4) is 0 Å². The zero-order chi connectivity index (χ0) is 25.4. The molecule has 1 aliphatic carbocycles. The maximum absolute atomic E-state index is 6.65. The summed E-state index contributed by atoms with van der Waals surface area (Å²) in [4.78, 5) is 4.77. The van der Waals surface area contributed by atoms with E-state index in [2.05, 4.69) is 93.6 Å². The van der Waals surface area contributed by atoms with Crippen molar-refractivity contribution in [2.24, 2.45) is 0 Å². The molecule has 0 spiro atoms. The molecule has 1 saturated carbocycles. The van der Waals surface area contributed by atoms with E-state index in [1.165, 1.54) is 54.4 Å². The first-order valence-electron chi connectivity index (χ1n) is 13.8. The van der Waals surface area contributed by atoms with Crippen molar-refractivity contribution >= 4 is 11.0 Å². The Hall–Kier alpha value is -3.65. The molecule has 2 aromatic heterocycles. The van der Waals surface area contributed by atoms with Gasteiger partial charge in [0, 0.05) is 33.8 Å². The van der Waals surface area contributed by atoms with Crippen LogP contribution >= 0.6 is 0 Å². The molecular weight excluding hydrogens is 450 g/mol. The summed E-state index contributed by atoms with van der Waals surface area (Å²) in [6.45, 7) is 6.63. The van der Waals surface area contributed by atoms with Crippen LogP contribution in [-0.4, -0.2) is 4.98 Å². The number of hydrogen-bond donors (Lipinski definition) is 0. The second-order valence-electron chi connectivity index (χ2n) is 10.9. The van der Waals surface area contributed by atoms with E-state index in [0.717, 1.165) is 39.1 Å². The molecule has 0 bridgehead atoms. The molecule has 0 unspecified atom stereocenters. The maximum Gasteiger partial charge on any atom is 0.142 e. The summed E-state index contributed by atoms with van der Waals surface area (Å²) in [6, 6.07) is 28.6. The van der Waals surface area contributed by atoms with Gasteiger partial charge in [-0.1, -0.05) is 87.7 Å². The highest BCUT2D eigenvalue weighted by molar-refractivity contribution is 6.00. The molecule has 0 saturated heterocycles. The zero-order valence-corrected chi connectivity index (χ0v) is 22.1. The molecule has 186 valence electrons. The fourth-order valence-electron chi connectivity index (χ4n) is 5.88. The van der Waals surface area contributed by atoms with Crippen LogP contribution in [0.2, 0.25) is 0 Å². The van der Waals surface area contributed by atoms with Crippen molar-refractivity contribution in [1.82, 2.24) is 4.98 Å². The van der Waals surface area contributed by atoms with Gasteiger partial charge in [0.05, 0.1) is 5.69 Å². The fourth-order valence-corrected chi connectivity index (χ4v) is 5.88. The topological polar surface area (TPSA) is 26.0 Å². The monoisotopic (exact) mass is 485 g/mol. The molecule has 0 N–H and O–H groups in total. The summed E-state index contributed by atoms with van der Waals surface area (Å²) in [7, 11) is 0. The predicted molar refractivity (Wildman–Crippen MR) is 155 cm³/mol. The number of nitrogens with zero attached hydrogens (tertiary/aromatic N) is 1. The Bertz CT molecular complexity index is 1520. The van der Waals surface area contributed by atoms with E-state index in [1.807, 2.05) is 12.3 Å². The van der Waals surface area contributed by atoms with E-state index < -0.39 is 0 Å². The van der Waals surface area contributed by atoms with Crippen molar-refractivity contribution < 1.29 is 4.42 Å². The quantitative estimate of drug-likeness (QED) is 0.247. The molecule has 0 radical (unpaired) electrons. The molecule has 37 heavy (non-hydrogen) atoms. The van der Waals surface area contributed by atoms with E-state index in [0.29, 0.717) is 11.8 Å². The highest BCUT2D eigenvalue weighted by Gasteiger charge is 2.20. The van der Waals surface area contributed by atoms with Gasteiger partial charge in [0.2, 0.25) is 0 Å².